The molecule has 26 heavy (non-hydrogen) atoms. The number of amides is 3. The van der Waals surface area contributed by atoms with Crippen LogP contribution >= 0.6 is 11.8 Å². The molecule has 0 aliphatic rings. The Morgan fingerprint density at radius 1 is 1.00 bits per heavy atom. The molecule has 12 heteroatoms. The van der Waals surface area contributed by atoms with Crippen LogP contribution in [0.1, 0.15) is 25.7 Å². The number of thioether (sulfide) groups is 1. The predicted octanol–water partition coefficient (Wildman–Crippen LogP) is -2.14. The minimum absolute atomic E-state index is 0.114. The lowest BCUT2D eigenvalue weighted by Crippen LogP contribution is -2.55. The first-order valence-corrected chi connectivity index (χ1v) is 9.06. The molecule has 11 nitrogen and oxygen atoms in total. The summed E-state index contributed by atoms with van der Waals surface area (Å²) < 4.78 is 0. The average molecular weight is 392 g/mol. The minimum atomic E-state index is -1.52. The van der Waals surface area contributed by atoms with Gasteiger partial charge in [0.15, 0.2) is 0 Å². The first-order valence-electron chi connectivity index (χ1n) is 7.66. The van der Waals surface area contributed by atoms with Gasteiger partial charge in [0, 0.05) is 6.42 Å². The summed E-state index contributed by atoms with van der Waals surface area (Å²) >= 11 is 1.40. The van der Waals surface area contributed by atoms with Gasteiger partial charge in [-0.15, -0.1) is 0 Å². The van der Waals surface area contributed by atoms with E-state index in [0.717, 1.165) is 0 Å². The summed E-state index contributed by atoms with van der Waals surface area (Å²) in [7, 11) is 0. The number of carboxylic acid groups (broad SMARTS) is 2. The summed E-state index contributed by atoms with van der Waals surface area (Å²) in [5, 5.41) is 22.2. The Balaban J connectivity index is 4.96. The van der Waals surface area contributed by atoms with Crippen LogP contribution < -0.4 is 22.1 Å². The predicted molar refractivity (Wildman–Crippen MR) is 93.2 cm³/mol. The summed E-state index contributed by atoms with van der Waals surface area (Å²) in [5.74, 6) is -4.50. The molecule has 0 aromatic heterocycles. The normalized spacial score (nSPS) is 13.9. The van der Waals surface area contributed by atoms with Gasteiger partial charge in [-0.3, -0.25) is 19.2 Å². The number of hydrogen-bond donors (Lipinski definition) is 6. The van der Waals surface area contributed by atoms with E-state index >= 15 is 0 Å². The second-order valence-electron chi connectivity index (χ2n) is 5.45. The maximum atomic E-state index is 12.3. The van der Waals surface area contributed by atoms with E-state index in [0.29, 0.717) is 5.75 Å². The van der Waals surface area contributed by atoms with E-state index in [4.69, 9.17) is 21.7 Å². The van der Waals surface area contributed by atoms with E-state index in [2.05, 4.69) is 10.6 Å². The summed E-state index contributed by atoms with van der Waals surface area (Å²) in [5.41, 5.74) is 10.5. The van der Waals surface area contributed by atoms with Gasteiger partial charge in [-0.25, -0.2) is 4.79 Å². The molecule has 0 saturated carbocycles. The fourth-order valence-electron chi connectivity index (χ4n) is 1.87. The Bertz CT molecular complexity index is 543. The van der Waals surface area contributed by atoms with E-state index in [-0.39, 0.29) is 19.3 Å². The van der Waals surface area contributed by atoms with Gasteiger partial charge in [0.05, 0.1) is 12.5 Å². The lowest BCUT2D eigenvalue weighted by molar-refractivity contribution is -0.143. The number of nitrogens with one attached hydrogen (secondary N) is 2. The molecule has 0 heterocycles. The van der Waals surface area contributed by atoms with Crippen molar-refractivity contribution in [3.63, 3.8) is 0 Å². The van der Waals surface area contributed by atoms with Crippen LogP contribution in [0.4, 0.5) is 0 Å². The van der Waals surface area contributed by atoms with Crippen molar-refractivity contribution in [1.29, 1.82) is 0 Å². The van der Waals surface area contributed by atoms with Crippen LogP contribution in [0.15, 0.2) is 0 Å². The van der Waals surface area contributed by atoms with E-state index < -0.39 is 54.2 Å². The molecule has 0 radical (unpaired) electrons. The molecule has 0 spiro atoms. The highest BCUT2D eigenvalue weighted by Gasteiger charge is 2.28. The van der Waals surface area contributed by atoms with Crippen molar-refractivity contribution in [2.75, 3.05) is 12.0 Å². The Morgan fingerprint density at radius 3 is 2.04 bits per heavy atom. The number of hydrogen-bond acceptors (Lipinski definition) is 7. The molecule has 0 aliphatic heterocycles. The highest BCUT2D eigenvalue weighted by atomic mass is 32.2. The van der Waals surface area contributed by atoms with E-state index in [1.165, 1.54) is 11.8 Å². The third kappa shape index (κ3) is 9.84. The molecule has 8 N–H and O–H groups in total. The number of aliphatic carboxylic acids is 2. The quantitative estimate of drug-likeness (QED) is 0.202. The summed E-state index contributed by atoms with van der Waals surface area (Å²) in [4.78, 5) is 56.8. The first-order chi connectivity index (χ1) is 12.1. The molecule has 3 atom stereocenters. The number of rotatable bonds is 13. The molecule has 3 unspecified atom stereocenters. The van der Waals surface area contributed by atoms with Gasteiger partial charge in [0.25, 0.3) is 0 Å². The van der Waals surface area contributed by atoms with E-state index in [1.54, 1.807) is 6.26 Å². The molecule has 0 aromatic rings. The molecular weight excluding hydrogens is 368 g/mol. The Labute approximate surface area is 154 Å². The fourth-order valence-corrected chi connectivity index (χ4v) is 2.34. The molecule has 0 aromatic carbocycles. The van der Waals surface area contributed by atoms with Crippen LogP contribution in [0.5, 0.6) is 0 Å². The Morgan fingerprint density at radius 2 is 1.58 bits per heavy atom. The molecule has 0 saturated heterocycles. The van der Waals surface area contributed by atoms with Crippen LogP contribution in [0.25, 0.3) is 0 Å². The lowest BCUT2D eigenvalue weighted by atomic mass is 10.1. The van der Waals surface area contributed by atoms with Crippen molar-refractivity contribution < 1.29 is 34.2 Å². The number of carbonyl (C=O) groups is 5. The molecule has 148 valence electrons. The van der Waals surface area contributed by atoms with Gasteiger partial charge in [0.1, 0.15) is 12.1 Å². The first kappa shape index (κ1) is 23.7. The van der Waals surface area contributed by atoms with E-state index in [9.17, 15) is 24.0 Å². The zero-order valence-electron chi connectivity index (χ0n) is 14.3. The molecule has 0 bridgehead atoms. The van der Waals surface area contributed by atoms with E-state index in [1.807, 2.05) is 0 Å². The largest absolute Gasteiger partial charge is 0.481 e. The number of carboxylic acids is 2. The van der Waals surface area contributed by atoms with Crippen molar-refractivity contribution in [2.24, 2.45) is 11.5 Å². The maximum Gasteiger partial charge on any atom is 0.326 e. The van der Waals surface area contributed by atoms with Crippen LogP contribution in [-0.2, 0) is 24.0 Å². The zero-order valence-corrected chi connectivity index (χ0v) is 15.1. The smallest absolute Gasteiger partial charge is 0.326 e. The number of primary amides is 1. The number of carbonyl (C=O) groups excluding carboxylic acids is 3. The van der Waals surface area contributed by atoms with Gasteiger partial charge in [-0.2, -0.15) is 11.8 Å². The Hall–Kier alpha value is -2.34. The number of nitrogens with two attached hydrogens (primary N) is 2. The van der Waals surface area contributed by atoms with Crippen LogP contribution in [0, 0.1) is 0 Å². The van der Waals surface area contributed by atoms with Crippen molar-refractivity contribution >= 4 is 41.4 Å². The minimum Gasteiger partial charge on any atom is -0.481 e. The van der Waals surface area contributed by atoms with Crippen LogP contribution in [0.3, 0.4) is 0 Å². The van der Waals surface area contributed by atoms with Crippen molar-refractivity contribution in [3.8, 4) is 0 Å². The lowest BCUT2D eigenvalue weighted by Gasteiger charge is -2.22. The highest BCUT2D eigenvalue weighted by Crippen LogP contribution is 2.04. The van der Waals surface area contributed by atoms with Crippen LogP contribution in [-0.4, -0.2) is 70.0 Å². The van der Waals surface area contributed by atoms with Crippen molar-refractivity contribution in [1.82, 2.24) is 10.6 Å². The molecule has 0 aliphatic carbocycles. The maximum absolute atomic E-state index is 12.3. The van der Waals surface area contributed by atoms with Gasteiger partial charge in [-0.1, -0.05) is 0 Å². The summed E-state index contributed by atoms with van der Waals surface area (Å²) in [6.07, 6.45) is 0.950. The molecule has 0 rings (SSSR count). The van der Waals surface area contributed by atoms with Gasteiger partial charge < -0.3 is 32.3 Å². The third-order valence-electron chi connectivity index (χ3n) is 3.27. The summed E-state index contributed by atoms with van der Waals surface area (Å²) in [6, 6.07) is -3.73. The standard InChI is InChI=1S/C14H24N4O7S/c1-26-5-4-8(17-12(22)7(15)2-3-11(20)21)13(23)18-9(14(24)25)6-10(16)19/h7-9H,2-6,15H2,1H3,(H2,16,19)(H,17,22)(H,18,23)(H,20,21)(H,24,25). The molecule has 3 amide bonds. The highest BCUT2D eigenvalue weighted by molar-refractivity contribution is 7.98. The monoisotopic (exact) mass is 392 g/mol. The van der Waals surface area contributed by atoms with Gasteiger partial charge >= 0.3 is 11.9 Å². The second kappa shape index (κ2) is 12.1. The SMILES string of the molecule is CSCCC(NC(=O)C(N)CCC(=O)O)C(=O)NC(CC(N)=O)C(=O)O. The van der Waals surface area contributed by atoms with Gasteiger partial charge in [-0.05, 0) is 24.9 Å². The second-order valence-corrected chi connectivity index (χ2v) is 6.44. The topological polar surface area (TPSA) is 202 Å². The Kier molecular flexibility index (Phi) is 11.0. The zero-order chi connectivity index (χ0) is 20.3. The molecule has 0 fully saturated rings. The van der Waals surface area contributed by atoms with Crippen molar-refractivity contribution in [3.05, 3.63) is 0 Å². The fraction of sp³-hybridized carbons (Fsp3) is 0.643. The third-order valence-corrected chi connectivity index (χ3v) is 3.91. The van der Waals surface area contributed by atoms with Gasteiger partial charge in [0.2, 0.25) is 17.7 Å². The average Bonchev–Trinajstić information content (AvgIpc) is 2.54. The summed E-state index contributed by atoms with van der Waals surface area (Å²) in [6.45, 7) is 0. The van der Waals surface area contributed by atoms with Crippen LogP contribution in [0.2, 0.25) is 0 Å². The van der Waals surface area contributed by atoms with Crippen molar-refractivity contribution in [2.45, 2.75) is 43.8 Å². The molecular formula is C14H24N4O7S.